The van der Waals surface area contributed by atoms with Gasteiger partial charge in [-0.05, 0) is 37.3 Å². The number of fused-ring (bicyclic) bond motifs is 1. The standard InChI is InChI=1S/C20H17ClN4O3S/c1-12-9-17(26)22-15-7-2-3-8-16(15)25(12)18(27)11-29-20-24-23-19(28-20)13-5-4-6-14(21)10-13/h2-8,10,12H,9,11H2,1H3,(H,22,26). The number of para-hydroxylation sites is 2. The molecule has 7 nitrogen and oxygen atoms in total. The quantitative estimate of drug-likeness (QED) is 0.625. The van der Waals surface area contributed by atoms with Crippen molar-refractivity contribution in [3.63, 3.8) is 0 Å². The van der Waals surface area contributed by atoms with E-state index >= 15 is 0 Å². The highest BCUT2D eigenvalue weighted by Crippen LogP contribution is 2.32. The van der Waals surface area contributed by atoms with Crippen LogP contribution in [0.1, 0.15) is 13.3 Å². The number of amides is 2. The average Bonchev–Trinajstić information content (AvgIpc) is 3.12. The lowest BCUT2D eigenvalue weighted by atomic mass is 10.2. The number of halogens is 1. The zero-order valence-electron chi connectivity index (χ0n) is 15.5. The molecule has 0 bridgehead atoms. The molecular weight excluding hydrogens is 412 g/mol. The summed E-state index contributed by atoms with van der Waals surface area (Å²) in [7, 11) is 0. The molecule has 29 heavy (non-hydrogen) atoms. The van der Waals surface area contributed by atoms with Gasteiger partial charge in [0.1, 0.15) is 0 Å². The van der Waals surface area contributed by atoms with Crippen LogP contribution in [0.5, 0.6) is 0 Å². The second kappa shape index (κ2) is 8.26. The molecule has 1 N–H and O–H groups in total. The molecule has 1 aliphatic rings. The fourth-order valence-corrected chi connectivity index (χ4v) is 3.98. The summed E-state index contributed by atoms with van der Waals surface area (Å²) in [4.78, 5) is 26.7. The van der Waals surface area contributed by atoms with Crippen LogP contribution in [-0.4, -0.2) is 33.8 Å². The largest absolute Gasteiger partial charge is 0.411 e. The van der Waals surface area contributed by atoms with Gasteiger partial charge < -0.3 is 14.6 Å². The molecule has 0 fully saturated rings. The number of carbonyl (C=O) groups excluding carboxylic acids is 2. The molecule has 2 heterocycles. The second-order valence-electron chi connectivity index (χ2n) is 6.55. The first kappa shape index (κ1) is 19.5. The molecule has 1 atom stereocenters. The Morgan fingerprint density at radius 2 is 2.10 bits per heavy atom. The zero-order valence-corrected chi connectivity index (χ0v) is 17.0. The van der Waals surface area contributed by atoms with Crippen molar-refractivity contribution in [2.24, 2.45) is 0 Å². The third kappa shape index (κ3) is 4.28. The molecule has 9 heteroatoms. The highest BCUT2D eigenvalue weighted by atomic mass is 35.5. The highest BCUT2D eigenvalue weighted by Gasteiger charge is 2.29. The van der Waals surface area contributed by atoms with E-state index in [0.29, 0.717) is 33.1 Å². The normalized spacial score (nSPS) is 16.1. The number of carbonyl (C=O) groups is 2. The van der Waals surface area contributed by atoms with Crippen LogP contribution in [0.4, 0.5) is 11.4 Å². The Morgan fingerprint density at radius 1 is 1.28 bits per heavy atom. The summed E-state index contributed by atoms with van der Waals surface area (Å²) >= 11 is 7.15. The van der Waals surface area contributed by atoms with Gasteiger partial charge in [0.2, 0.25) is 17.7 Å². The second-order valence-corrected chi connectivity index (χ2v) is 7.92. The number of thioether (sulfide) groups is 1. The minimum absolute atomic E-state index is 0.101. The Hall–Kier alpha value is -2.84. The maximum absolute atomic E-state index is 13.0. The van der Waals surface area contributed by atoms with E-state index in [1.54, 1.807) is 29.2 Å². The third-order valence-corrected chi connectivity index (χ3v) is 5.46. The van der Waals surface area contributed by atoms with Crippen LogP contribution in [0.15, 0.2) is 58.2 Å². The Kier molecular flexibility index (Phi) is 5.55. The van der Waals surface area contributed by atoms with Crippen LogP contribution < -0.4 is 10.2 Å². The van der Waals surface area contributed by atoms with E-state index in [0.717, 1.165) is 11.8 Å². The van der Waals surface area contributed by atoms with Crippen molar-refractivity contribution in [2.75, 3.05) is 16.0 Å². The minimum Gasteiger partial charge on any atom is -0.411 e. The lowest BCUT2D eigenvalue weighted by Gasteiger charge is -2.27. The van der Waals surface area contributed by atoms with Crippen molar-refractivity contribution in [2.45, 2.75) is 24.6 Å². The molecule has 148 valence electrons. The summed E-state index contributed by atoms with van der Waals surface area (Å²) < 4.78 is 5.65. The summed E-state index contributed by atoms with van der Waals surface area (Å²) in [5, 5.41) is 11.7. The molecule has 1 aliphatic heterocycles. The molecule has 0 aliphatic carbocycles. The monoisotopic (exact) mass is 428 g/mol. The first-order valence-electron chi connectivity index (χ1n) is 8.94. The van der Waals surface area contributed by atoms with Crippen molar-refractivity contribution in [1.29, 1.82) is 0 Å². The van der Waals surface area contributed by atoms with Crippen molar-refractivity contribution >= 4 is 46.6 Å². The van der Waals surface area contributed by atoms with Crippen molar-refractivity contribution in [1.82, 2.24) is 10.2 Å². The average molecular weight is 429 g/mol. The topological polar surface area (TPSA) is 88.3 Å². The summed E-state index contributed by atoms with van der Waals surface area (Å²) in [5.74, 6) is 0.181. The van der Waals surface area contributed by atoms with Crippen molar-refractivity contribution in [3.8, 4) is 11.5 Å². The number of benzene rings is 2. The van der Waals surface area contributed by atoms with E-state index in [1.807, 2.05) is 31.2 Å². The molecular formula is C20H17ClN4O3S. The van der Waals surface area contributed by atoms with E-state index in [4.69, 9.17) is 16.0 Å². The zero-order chi connectivity index (χ0) is 20.4. The Balaban J connectivity index is 1.49. The molecule has 2 aromatic carbocycles. The SMILES string of the molecule is CC1CC(=O)Nc2ccccc2N1C(=O)CSc1nnc(-c2cccc(Cl)c2)o1. The molecule has 1 aromatic heterocycles. The smallest absolute Gasteiger partial charge is 0.277 e. The summed E-state index contributed by atoms with van der Waals surface area (Å²) in [6.07, 6.45) is 0.227. The van der Waals surface area contributed by atoms with E-state index in [2.05, 4.69) is 15.5 Å². The lowest BCUT2D eigenvalue weighted by molar-refractivity contribution is -0.117. The maximum atomic E-state index is 13.0. The predicted octanol–water partition coefficient (Wildman–Crippen LogP) is 4.25. The van der Waals surface area contributed by atoms with E-state index in [-0.39, 0.29) is 30.0 Å². The molecule has 3 aromatic rings. The predicted molar refractivity (Wildman–Crippen MR) is 112 cm³/mol. The summed E-state index contributed by atoms with van der Waals surface area (Å²) in [5.41, 5.74) is 2.02. The Labute approximate surface area is 176 Å². The van der Waals surface area contributed by atoms with Gasteiger partial charge in [-0.3, -0.25) is 9.59 Å². The van der Waals surface area contributed by atoms with Crippen LogP contribution in [0.2, 0.25) is 5.02 Å². The van der Waals surface area contributed by atoms with Crippen LogP contribution in [0.3, 0.4) is 0 Å². The molecule has 0 spiro atoms. The molecule has 1 unspecified atom stereocenters. The molecule has 2 amide bonds. The van der Waals surface area contributed by atoms with Gasteiger partial charge >= 0.3 is 0 Å². The number of hydrogen-bond donors (Lipinski definition) is 1. The van der Waals surface area contributed by atoms with Gasteiger partial charge in [0.25, 0.3) is 5.22 Å². The molecule has 4 rings (SSSR count). The van der Waals surface area contributed by atoms with E-state index in [9.17, 15) is 9.59 Å². The van der Waals surface area contributed by atoms with Gasteiger partial charge in [-0.15, -0.1) is 10.2 Å². The third-order valence-electron chi connectivity index (χ3n) is 4.43. The van der Waals surface area contributed by atoms with Crippen LogP contribution in [0.25, 0.3) is 11.5 Å². The minimum atomic E-state index is -0.267. The van der Waals surface area contributed by atoms with Crippen LogP contribution >= 0.6 is 23.4 Å². The van der Waals surface area contributed by atoms with Gasteiger partial charge in [0, 0.05) is 23.0 Å². The number of hydrogen-bond acceptors (Lipinski definition) is 6. The summed E-state index contributed by atoms with van der Waals surface area (Å²) in [6, 6.07) is 14.1. The highest BCUT2D eigenvalue weighted by molar-refractivity contribution is 7.99. The van der Waals surface area contributed by atoms with E-state index < -0.39 is 0 Å². The number of nitrogens with one attached hydrogen (secondary N) is 1. The first-order valence-corrected chi connectivity index (χ1v) is 10.3. The Morgan fingerprint density at radius 3 is 2.93 bits per heavy atom. The van der Waals surface area contributed by atoms with Gasteiger partial charge in [0.05, 0.1) is 17.1 Å². The molecule has 0 saturated heterocycles. The first-order chi connectivity index (χ1) is 14.0. The number of anilines is 2. The van der Waals surface area contributed by atoms with Crippen molar-refractivity contribution < 1.29 is 14.0 Å². The van der Waals surface area contributed by atoms with Gasteiger partial charge in [-0.1, -0.05) is 41.6 Å². The molecule has 0 radical (unpaired) electrons. The van der Waals surface area contributed by atoms with Gasteiger partial charge in [0.15, 0.2) is 0 Å². The number of aromatic nitrogens is 2. The lowest BCUT2D eigenvalue weighted by Crippen LogP contribution is -2.40. The number of rotatable bonds is 4. The van der Waals surface area contributed by atoms with E-state index in [1.165, 1.54) is 0 Å². The summed E-state index contributed by atoms with van der Waals surface area (Å²) in [6.45, 7) is 1.86. The Bertz CT molecular complexity index is 1070. The maximum Gasteiger partial charge on any atom is 0.277 e. The molecule has 0 saturated carbocycles. The van der Waals surface area contributed by atoms with Gasteiger partial charge in [-0.25, -0.2) is 0 Å². The fraction of sp³-hybridized carbons (Fsp3) is 0.200. The van der Waals surface area contributed by atoms with Gasteiger partial charge in [-0.2, -0.15) is 0 Å². The van der Waals surface area contributed by atoms with Crippen molar-refractivity contribution in [3.05, 3.63) is 53.6 Å². The van der Waals surface area contributed by atoms with Crippen LogP contribution in [-0.2, 0) is 9.59 Å². The number of nitrogens with zero attached hydrogens (tertiary/aromatic N) is 3. The fourth-order valence-electron chi connectivity index (χ4n) is 3.17. The van der Waals surface area contributed by atoms with Crippen LogP contribution in [0, 0.1) is 0 Å².